The summed E-state index contributed by atoms with van der Waals surface area (Å²) in [7, 11) is 0. The van der Waals surface area contributed by atoms with Crippen LogP contribution in [0.2, 0.25) is 0 Å². The van der Waals surface area contributed by atoms with E-state index in [1.54, 1.807) is 0 Å². The van der Waals surface area contributed by atoms with E-state index >= 15 is 0 Å². The van der Waals surface area contributed by atoms with E-state index in [0.29, 0.717) is 5.69 Å². The van der Waals surface area contributed by atoms with E-state index in [0.717, 1.165) is 34.9 Å². The highest BCUT2D eigenvalue weighted by Crippen LogP contribution is 2.32. The molecule has 1 aromatic heterocycles. The maximum atomic E-state index is 12.4. The normalized spacial score (nSPS) is 10.6. The highest BCUT2D eigenvalue weighted by molar-refractivity contribution is 14.1. The number of para-hydroxylation sites is 1. The fourth-order valence-corrected chi connectivity index (χ4v) is 4.08. The van der Waals surface area contributed by atoms with Crippen LogP contribution in [0.5, 0.6) is 0 Å². The first kappa shape index (κ1) is 19.1. The summed E-state index contributed by atoms with van der Waals surface area (Å²) in [4.78, 5) is 17.0. The molecule has 0 aliphatic heterocycles. The number of carbonyl (C=O) groups excluding carboxylic acids is 1. The smallest absolute Gasteiger partial charge is 0.308 e. The van der Waals surface area contributed by atoms with Crippen LogP contribution in [0.15, 0.2) is 79.0 Å². The Morgan fingerprint density at radius 2 is 1.61 bits per heavy atom. The number of carbonyl (C=O) groups is 1. The Morgan fingerprint density at radius 1 is 0.821 bits per heavy atom. The highest BCUT2D eigenvalue weighted by atomic mass is 127. The van der Waals surface area contributed by atoms with Gasteiger partial charge in [-0.15, -0.1) is 0 Å². The number of fused-ring (bicyclic) bond motifs is 1. The van der Waals surface area contributed by atoms with E-state index < -0.39 is 0 Å². The number of hydrogen-bond acceptors (Lipinski definition) is 2. The van der Waals surface area contributed by atoms with Gasteiger partial charge in [-0.3, -0.25) is 4.98 Å². The second-order valence-electron chi connectivity index (χ2n) is 6.13. The summed E-state index contributed by atoms with van der Waals surface area (Å²) >= 11 is 4.50. The molecule has 0 saturated carbocycles. The summed E-state index contributed by atoms with van der Waals surface area (Å²) in [5.41, 5.74) is 3.39. The number of nitrogens with one attached hydrogen (secondary N) is 2. The number of halogens is 2. The third-order valence-corrected chi connectivity index (χ3v) is 6.16. The van der Waals surface area contributed by atoms with Crippen LogP contribution in [0.4, 0.5) is 16.2 Å². The SMILES string of the molecule is O=C(Nc1ccc(I)c(-c2nccc3ccccc23)c1)Nc1ccccc1I. The molecule has 0 saturated heterocycles. The first-order valence-corrected chi connectivity index (χ1v) is 10.7. The van der Waals surface area contributed by atoms with Gasteiger partial charge in [0.1, 0.15) is 0 Å². The molecule has 0 atom stereocenters. The lowest BCUT2D eigenvalue weighted by atomic mass is 10.0. The maximum absolute atomic E-state index is 12.4. The topological polar surface area (TPSA) is 54.0 Å². The number of benzene rings is 3. The molecule has 0 bridgehead atoms. The Kier molecular flexibility index (Phi) is 5.77. The van der Waals surface area contributed by atoms with Crippen LogP contribution in [0.25, 0.3) is 22.0 Å². The lowest BCUT2D eigenvalue weighted by molar-refractivity contribution is 0.262. The van der Waals surface area contributed by atoms with E-state index in [2.05, 4.69) is 72.9 Å². The minimum absolute atomic E-state index is 0.276. The third kappa shape index (κ3) is 4.12. The molecule has 0 aliphatic carbocycles. The molecule has 1 heterocycles. The number of aromatic nitrogens is 1. The van der Waals surface area contributed by atoms with Crippen molar-refractivity contribution in [1.29, 1.82) is 0 Å². The summed E-state index contributed by atoms with van der Waals surface area (Å²) in [5, 5.41) is 8.03. The Hall–Kier alpha value is -2.20. The summed E-state index contributed by atoms with van der Waals surface area (Å²) in [6, 6.07) is 23.4. The van der Waals surface area contributed by atoms with Crippen molar-refractivity contribution in [2.75, 3.05) is 10.6 Å². The van der Waals surface area contributed by atoms with Crippen LogP contribution >= 0.6 is 45.2 Å². The van der Waals surface area contributed by atoms with Gasteiger partial charge in [-0.05, 0) is 87.0 Å². The highest BCUT2D eigenvalue weighted by Gasteiger charge is 2.11. The minimum Gasteiger partial charge on any atom is -0.308 e. The molecule has 2 amide bonds. The van der Waals surface area contributed by atoms with Gasteiger partial charge in [0.25, 0.3) is 0 Å². The average Bonchev–Trinajstić information content (AvgIpc) is 2.71. The van der Waals surface area contributed by atoms with E-state index in [4.69, 9.17) is 0 Å². The number of anilines is 2. The molecule has 3 aromatic carbocycles. The summed E-state index contributed by atoms with van der Waals surface area (Å²) in [6.07, 6.45) is 1.82. The molecule has 0 fully saturated rings. The van der Waals surface area contributed by atoms with Crippen LogP contribution < -0.4 is 10.6 Å². The number of rotatable bonds is 3. The minimum atomic E-state index is -0.276. The molecule has 4 aromatic rings. The van der Waals surface area contributed by atoms with Gasteiger partial charge in [0, 0.05) is 30.0 Å². The molecular formula is C22H15I2N3O. The predicted octanol–water partition coefficient (Wildman–Crippen LogP) is 6.76. The first-order valence-electron chi connectivity index (χ1n) is 8.58. The van der Waals surface area contributed by atoms with Crippen molar-refractivity contribution in [3.63, 3.8) is 0 Å². The number of nitrogens with zero attached hydrogens (tertiary/aromatic N) is 1. The fourth-order valence-electron chi connectivity index (χ4n) is 2.97. The molecule has 0 radical (unpaired) electrons. The van der Waals surface area contributed by atoms with E-state index in [-0.39, 0.29) is 6.03 Å². The fraction of sp³-hybridized carbons (Fsp3) is 0. The number of pyridine rings is 1. The summed E-state index contributed by atoms with van der Waals surface area (Å²) in [5.74, 6) is 0. The monoisotopic (exact) mass is 591 g/mol. The third-order valence-electron chi connectivity index (χ3n) is 4.28. The first-order chi connectivity index (χ1) is 13.6. The van der Waals surface area contributed by atoms with Crippen molar-refractivity contribution < 1.29 is 4.79 Å². The largest absolute Gasteiger partial charge is 0.323 e. The van der Waals surface area contributed by atoms with Crippen LogP contribution in [-0.4, -0.2) is 11.0 Å². The van der Waals surface area contributed by atoms with Crippen molar-refractivity contribution in [3.8, 4) is 11.3 Å². The zero-order chi connectivity index (χ0) is 19.5. The van der Waals surface area contributed by atoms with Crippen molar-refractivity contribution in [1.82, 2.24) is 4.98 Å². The van der Waals surface area contributed by atoms with E-state index in [1.807, 2.05) is 66.9 Å². The summed E-state index contributed by atoms with van der Waals surface area (Å²) in [6.45, 7) is 0. The molecule has 0 spiro atoms. The van der Waals surface area contributed by atoms with Crippen molar-refractivity contribution in [2.45, 2.75) is 0 Å². The second-order valence-corrected chi connectivity index (χ2v) is 8.46. The van der Waals surface area contributed by atoms with Crippen molar-refractivity contribution >= 4 is 73.4 Å². The molecule has 2 N–H and O–H groups in total. The van der Waals surface area contributed by atoms with Gasteiger partial charge in [-0.2, -0.15) is 0 Å². The average molecular weight is 591 g/mol. The Bertz CT molecular complexity index is 1170. The van der Waals surface area contributed by atoms with Gasteiger partial charge >= 0.3 is 6.03 Å². The standard InChI is InChI=1S/C22H15I2N3O/c23-18-10-9-15(26-22(28)27-20-8-4-3-7-19(20)24)13-17(18)21-16-6-2-1-5-14(16)11-12-25-21/h1-13H,(H2,26,27,28). The van der Waals surface area contributed by atoms with E-state index in [9.17, 15) is 4.79 Å². The zero-order valence-electron chi connectivity index (χ0n) is 14.6. The molecule has 6 heteroatoms. The molecule has 0 aliphatic rings. The van der Waals surface area contributed by atoms with Crippen LogP contribution in [0.1, 0.15) is 0 Å². The van der Waals surface area contributed by atoms with Crippen LogP contribution in [0.3, 0.4) is 0 Å². The molecule has 28 heavy (non-hydrogen) atoms. The van der Waals surface area contributed by atoms with Gasteiger partial charge in [0.05, 0.1) is 11.4 Å². The van der Waals surface area contributed by atoms with E-state index in [1.165, 1.54) is 0 Å². The molecular weight excluding hydrogens is 576 g/mol. The van der Waals surface area contributed by atoms with Gasteiger partial charge in [-0.25, -0.2) is 4.79 Å². The Labute approximate surface area is 190 Å². The van der Waals surface area contributed by atoms with Gasteiger partial charge < -0.3 is 10.6 Å². The lowest BCUT2D eigenvalue weighted by Gasteiger charge is -2.12. The Morgan fingerprint density at radius 3 is 2.46 bits per heavy atom. The number of urea groups is 1. The van der Waals surface area contributed by atoms with Crippen LogP contribution in [0, 0.1) is 7.14 Å². The zero-order valence-corrected chi connectivity index (χ0v) is 18.9. The number of hydrogen-bond donors (Lipinski definition) is 2. The van der Waals surface area contributed by atoms with Gasteiger partial charge in [0.15, 0.2) is 0 Å². The second kappa shape index (κ2) is 8.44. The summed E-state index contributed by atoms with van der Waals surface area (Å²) < 4.78 is 2.06. The molecule has 0 unspecified atom stereocenters. The molecule has 4 rings (SSSR count). The van der Waals surface area contributed by atoms with Gasteiger partial charge in [-0.1, -0.05) is 36.4 Å². The Balaban J connectivity index is 1.64. The van der Waals surface area contributed by atoms with Gasteiger partial charge in [0.2, 0.25) is 0 Å². The van der Waals surface area contributed by atoms with Crippen LogP contribution in [-0.2, 0) is 0 Å². The predicted molar refractivity (Wildman–Crippen MR) is 132 cm³/mol. The quantitative estimate of drug-likeness (QED) is 0.259. The maximum Gasteiger partial charge on any atom is 0.323 e. The number of amides is 2. The molecule has 138 valence electrons. The molecule has 4 nitrogen and oxygen atoms in total. The lowest BCUT2D eigenvalue weighted by Crippen LogP contribution is -2.20. The van der Waals surface area contributed by atoms with Crippen molar-refractivity contribution in [3.05, 3.63) is 86.1 Å². The van der Waals surface area contributed by atoms with Crippen molar-refractivity contribution in [2.24, 2.45) is 0 Å².